The molecule has 0 radical (unpaired) electrons. The average Bonchev–Trinajstić information content (AvgIpc) is 2.87. The summed E-state index contributed by atoms with van der Waals surface area (Å²) in [5.41, 5.74) is 7.48. The number of nitrogens with two attached hydrogens (primary N) is 1. The van der Waals surface area contributed by atoms with Crippen molar-refractivity contribution < 1.29 is 24.2 Å². The largest absolute Gasteiger partial charge is 0.508 e. The Morgan fingerprint density at radius 2 is 1.75 bits per heavy atom. The first-order valence-electron chi connectivity index (χ1n) is 12.7. The van der Waals surface area contributed by atoms with Gasteiger partial charge in [0.1, 0.15) is 17.5 Å². The molecule has 0 aliphatic heterocycles. The second-order valence-corrected chi connectivity index (χ2v) is 9.53. The summed E-state index contributed by atoms with van der Waals surface area (Å²) in [6, 6.07) is 10.6. The Morgan fingerprint density at radius 1 is 1.06 bits per heavy atom. The maximum atomic E-state index is 13.2. The standard InChI is InChI=1S/C28H37N3O5/c1-3-24(31-28(35)25(30-18(2)32)15-19-9-12-22(33)13-10-19)21-11-14-26(23(16-21)27(29)34)36-17-20-7-5-4-6-8-20/h9-14,16,20,24-25,33H,3-8,15,17H2,1-2H3,(H2,29,34)(H,30,32)(H,31,35)/t24?,25-/m0/s1. The highest BCUT2D eigenvalue weighted by Gasteiger charge is 2.24. The van der Waals surface area contributed by atoms with Crippen molar-refractivity contribution in [1.29, 1.82) is 0 Å². The number of benzene rings is 2. The number of primary amides is 1. The quantitative estimate of drug-likeness (QED) is 0.377. The van der Waals surface area contributed by atoms with Gasteiger partial charge in [-0.3, -0.25) is 14.4 Å². The number of phenols is 1. The molecule has 8 heteroatoms. The van der Waals surface area contributed by atoms with Crippen molar-refractivity contribution in [3.63, 3.8) is 0 Å². The molecule has 3 amide bonds. The van der Waals surface area contributed by atoms with Gasteiger partial charge < -0.3 is 26.2 Å². The summed E-state index contributed by atoms with van der Waals surface area (Å²) in [5, 5.41) is 15.2. The number of aromatic hydroxyl groups is 1. The molecule has 0 bridgehead atoms. The summed E-state index contributed by atoms with van der Waals surface area (Å²) in [7, 11) is 0. The molecular formula is C28H37N3O5. The third kappa shape index (κ3) is 7.73. The highest BCUT2D eigenvalue weighted by atomic mass is 16.5. The van der Waals surface area contributed by atoms with Crippen LogP contribution in [0.3, 0.4) is 0 Å². The Hall–Kier alpha value is -3.55. The van der Waals surface area contributed by atoms with Crippen LogP contribution in [-0.4, -0.2) is 35.5 Å². The van der Waals surface area contributed by atoms with Gasteiger partial charge >= 0.3 is 0 Å². The molecule has 1 unspecified atom stereocenters. The van der Waals surface area contributed by atoms with Crippen LogP contribution in [0.2, 0.25) is 0 Å². The third-order valence-corrected chi connectivity index (χ3v) is 6.67. The van der Waals surface area contributed by atoms with Gasteiger partial charge in [0.15, 0.2) is 0 Å². The number of hydrogen-bond donors (Lipinski definition) is 4. The lowest BCUT2D eigenvalue weighted by molar-refractivity contribution is -0.128. The number of phenolic OH excluding ortho intramolecular Hbond substituents is 1. The highest BCUT2D eigenvalue weighted by Crippen LogP contribution is 2.28. The summed E-state index contributed by atoms with van der Waals surface area (Å²) < 4.78 is 5.99. The predicted molar refractivity (Wildman–Crippen MR) is 138 cm³/mol. The fourth-order valence-corrected chi connectivity index (χ4v) is 4.66. The first-order chi connectivity index (χ1) is 17.3. The van der Waals surface area contributed by atoms with E-state index in [1.165, 1.54) is 38.3 Å². The maximum Gasteiger partial charge on any atom is 0.252 e. The monoisotopic (exact) mass is 495 g/mol. The van der Waals surface area contributed by atoms with Crippen LogP contribution in [0.4, 0.5) is 0 Å². The summed E-state index contributed by atoms with van der Waals surface area (Å²) in [4.78, 5) is 37.1. The number of amides is 3. The highest BCUT2D eigenvalue weighted by molar-refractivity contribution is 5.96. The van der Waals surface area contributed by atoms with Crippen molar-refractivity contribution in [3.8, 4) is 11.5 Å². The van der Waals surface area contributed by atoms with Crippen molar-refractivity contribution in [2.24, 2.45) is 11.7 Å². The Labute approximate surface area is 212 Å². The second-order valence-electron chi connectivity index (χ2n) is 9.53. The van der Waals surface area contributed by atoms with Crippen molar-refractivity contribution in [2.45, 2.75) is 70.9 Å². The van der Waals surface area contributed by atoms with Crippen molar-refractivity contribution in [1.82, 2.24) is 10.6 Å². The van der Waals surface area contributed by atoms with E-state index in [0.29, 0.717) is 30.3 Å². The molecule has 36 heavy (non-hydrogen) atoms. The van der Waals surface area contributed by atoms with Gasteiger partial charge in [-0.1, -0.05) is 44.4 Å². The second kappa shape index (κ2) is 13.0. The lowest BCUT2D eigenvalue weighted by Gasteiger charge is -2.24. The van der Waals surface area contributed by atoms with Crippen LogP contribution >= 0.6 is 0 Å². The van der Waals surface area contributed by atoms with E-state index in [1.807, 2.05) is 13.0 Å². The normalized spacial score (nSPS) is 15.5. The molecule has 2 atom stereocenters. The van der Waals surface area contributed by atoms with Crippen LogP contribution < -0.4 is 21.1 Å². The number of rotatable bonds is 11. The van der Waals surface area contributed by atoms with Gasteiger partial charge in [-0.2, -0.15) is 0 Å². The molecule has 8 nitrogen and oxygen atoms in total. The average molecular weight is 496 g/mol. The molecule has 1 aliphatic carbocycles. The minimum atomic E-state index is -0.796. The SMILES string of the molecule is CCC(NC(=O)[C@H](Cc1ccc(O)cc1)NC(C)=O)c1ccc(OCC2CCCCC2)c(C(N)=O)c1. The molecule has 194 valence electrons. The molecule has 2 aromatic rings. The van der Waals surface area contributed by atoms with Crippen molar-refractivity contribution in [2.75, 3.05) is 6.61 Å². The summed E-state index contributed by atoms with van der Waals surface area (Å²) >= 11 is 0. The minimum absolute atomic E-state index is 0.127. The van der Waals surface area contributed by atoms with E-state index >= 15 is 0 Å². The molecule has 1 saturated carbocycles. The van der Waals surface area contributed by atoms with Crippen molar-refractivity contribution in [3.05, 3.63) is 59.2 Å². The molecule has 1 aliphatic rings. The van der Waals surface area contributed by atoms with Gasteiger partial charge in [-0.05, 0) is 60.6 Å². The molecule has 0 heterocycles. The molecule has 3 rings (SSSR count). The predicted octanol–water partition coefficient (Wildman–Crippen LogP) is 3.76. The van der Waals surface area contributed by atoms with Crippen LogP contribution in [0.1, 0.15) is 79.9 Å². The number of hydrogen-bond acceptors (Lipinski definition) is 5. The summed E-state index contributed by atoms with van der Waals surface area (Å²) in [6.45, 7) is 3.85. The fraction of sp³-hybridized carbons (Fsp3) is 0.464. The lowest BCUT2D eigenvalue weighted by atomic mass is 9.90. The molecule has 2 aromatic carbocycles. The molecule has 0 aromatic heterocycles. The van der Waals surface area contributed by atoms with E-state index in [1.54, 1.807) is 24.3 Å². The van der Waals surface area contributed by atoms with Crippen LogP contribution in [-0.2, 0) is 16.0 Å². The van der Waals surface area contributed by atoms with Crippen LogP contribution in [0.5, 0.6) is 11.5 Å². The van der Waals surface area contributed by atoms with Gasteiger partial charge in [0.2, 0.25) is 11.8 Å². The Morgan fingerprint density at radius 3 is 2.36 bits per heavy atom. The first-order valence-corrected chi connectivity index (χ1v) is 12.7. The van der Waals surface area contributed by atoms with Crippen LogP contribution in [0, 0.1) is 5.92 Å². The lowest BCUT2D eigenvalue weighted by Crippen LogP contribution is -2.48. The number of ether oxygens (including phenoxy) is 1. The van der Waals surface area contributed by atoms with Gasteiger partial charge in [0.05, 0.1) is 18.2 Å². The smallest absolute Gasteiger partial charge is 0.252 e. The zero-order valence-electron chi connectivity index (χ0n) is 21.1. The van der Waals surface area contributed by atoms with Crippen LogP contribution in [0.25, 0.3) is 0 Å². The molecule has 0 spiro atoms. The molecular weight excluding hydrogens is 458 g/mol. The van der Waals surface area contributed by atoms with Gasteiger partial charge in [0.25, 0.3) is 5.91 Å². The Kier molecular flexibility index (Phi) is 9.73. The van der Waals surface area contributed by atoms with E-state index < -0.39 is 11.9 Å². The Bertz CT molecular complexity index is 1050. The third-order valence-electron chi connectivity index (χ3n) is 6.67. The summed E-state index contributed by atoms with van der Waals surface area (Å²) in [6.07, 6.45) is 6.78. The van der Waals surface area contributed by atoms with Gasteiger partial charge in [-0.15, -0.1) is 0 Å². The van der Waals surface area contributed by atoms with E-state index in [-0.39, 0.29) is 30.0 Å². The van der Waals surface area contributed by atoms with Crippen LogP contribution in [0.15, 0.2) is 42.5 Å². The molecule has 5 N–H and O–H groups in total. The van der Waals surface area contributed by atoms with E-state index in [2.05, 4.69) is 10.6 Å². The zero-order valence-corrected chi connectivity index (χ0v) is 21.1. The zero-order chi connectivity index (χ0) is 26.1. The van der Waals surface area contributed by atoms with Crippen molar-refractivity contribution >= 4 is 17.7 Å². The summed E-state index contributed by atoms with van der Waals surface area (Å²) in [5.74, 6) is -0.176. The van der Waals surface area contributed by atoms with Gasteiger partial charge in [0, 0.05) is 13.3 Å². The first kappa shape index (κ1) is 27.0. The van der Waals surface area contributed by atoms with E-state index in [4.69, 9.17) is 10.5 Å². The topological polar surface area (TPSA) is 131 Å². The Balaban J connectivity index is 1.73. The van der Waals surface area contributed by atoms with E-state index in [0.717, 1.165) is 24.0 Å². The van der Waals surface area contributed by atoms with E-state index in [9.17, 15) is 19.5 Å². The van der Waals surface area contributed by atoms with Gasteiger partial charge in [-0.25, -0.2) is 0 Å². The number of carbonyl (C=O) groups is 3. The molecule has 0 saturated heterocycles. The maximum absolute atomic E-state index is 13.2. The minimum Gasteiger partial charge on any atom is -0.508 e. The number of carbonyl (C=O) groups excluding carboxylic acids is 3. The number of nitrogens with one attached hydrogen (secondary N) is 2. The fourth-order valence-electron chi connectivity index (χ4n) is 4.66. The molecule has 1 fully saturated rings.